The van der Waals surface area contributed by atoms with Crippen molar-refractivity contribution >= 4 is 5.69 Å². The van der Waals surface area contributed by atoms with Crippen LogP contribution in [0.1, 0.15) is 20.8 Å². The van der Waals surface area contributed by atoms with Gasteiger partial charge in [0.15, 0.2) is 0 Å². The Kier molecular flexibility index (Phi) is 5.14. The molecule has 0 amide bonds. The van der Waals surface area contributed by atoms with E-state index in [2.05, 4.69) is 28.5 Å². The summed E-state index contributed by atoms with van der Waals surface area (Å²) in [6, 6.07) is 6.17. The van der Waals surface area contributed by atoms with E-state index in [4.69, 9.17) is 0 Å². The van der Waals surface area contributed by atoms with Gasteiger partial charge in [0.25, 0.3) is 0 Å². The second kappa shape index (κ2) is 6.59. The molecule has 0 spiro atoms. The summed E-state index contributed by atoms with van der Waals surface area (Å²) in [6.07, 6.45) is -4.63. The predicted molar refractivity (Wildman–Crippen MR) is 85.8 cm³/mol. The van der Waals surface area contributed by atoms with E-state index in [9.17, 15) is 13.2 Å². The Morgan fingerprint density at radius 2 is 1.70 bits per heavy atom. The number of fused-ring (bicyclic) bond motifs is 1. The molecule has 2 aliphatic rings. The normalized spacial score (nSPS) is 27.4. The third kappa shape index (κ3) is 4.10. The molecule has 2 aliphatic heterocycles. The van der Waals surface area contributed by atoms with Gasteiger partial charge in [0, 0.05) is 37.3 Å². The largest absolute Gasteiger partial charge is 0.573 e. The molecule has 0 saturated carbocycles. The SMILES string of the molecule is CC.CN1CC2CN(c3ccc(OC(F)(F)F)cc3)CC2(C)C1. The number of nitrogens with zero attached hydrogens (tertiary/aromatic N) is 2. The van der Waals surface area contributed by atoms with Crippen molar-refractivity contribution in [1.82, 2.24) is 4.90 Å². The third-order valence-electron chi connectivity index (χ3n) is 4.58. The second-order valence-corrected chi connectivity index (χ2v) is 6.47. The van der Waals surface area contributed by atoms with Crippen LogP contribution in [0.25, 0.3) is 0 Å². The molecule has 3 rings (SSSR count). The highest BCUT2D eigenvalue weighted by Crippen LogP contribution is 2.43. The molecule has 0 N–H and O–H groups in total. The second-order valence-electron chi connectivity index (χ2n) is 6.47. The summed E-state index contributed by atoms with van der Waals surface area (Å²) in [5, 5.41) is 0. The van der Waals surface area contributed by atoms with Gasteiger partial charge in [0.05, 0.1) is 0 Å². The van der Waals surface area contributed by atoms with Gasteiger partial charge in [-0.15, -0.1) is 13.2 Å². The van der Waals surface area contributed by atoms with Crippen molar-refractivity contribution in [3.63, 3.8) is 0 Å². The molecule has 23 heavy (non-hydrogen) atoms. The third-order valence-corrected chi connectivity index (χ3v) is 4.58. The molecule has 2 fully saturated rings. The van der Waals surface area contributed by atoms with E-state index in [1.54, 1.807) is 12.1 Å². The maximum Gasteiger partial charge on any atom is 0.573 e. The summed E-state index contributed by atoms with van der Waals surface area (Å²) in [6.45, 7) is 10.4. The molecule has 3 nitrogen and oxygen atoms in total. The minimum Gasteiger partial charge on any atom is -0.406 e. The van der Waals surface area contributed by atoms with Crippen LogP contribution < -0.4 is 9.64 Å². The van der Waals surface area contributed by atoms with E-state index in [1.165, 1.54) is 12.1 Å². The average Bonchev–Trinajstić information content (AvgIpc) is 2.90. The molecule has 0 aromatic heterocycles. The number of benzene rings is 1. The smallest absolute Gasteiger partial charge is 0.406 e. The van der Waals surface area contributed by atoms with Crippen molar-refractivity contribution in [2.75, 3.05) is 38.1 Å². The van der Waals surface area contributed by atoms with Crippen LogP contribution in [0.5, 0.6) is 5.75 Å². The minimum atomic E-state index is -4.63. The van der Waals surface area contributed by atoms with Crippen LogP contribution in [0, 0.1) is 11.3 Å². The minimum absolute atomic E-state index is 0.170. The fourth-order valence-corrected chi connectivity index (χ4v) is 3.69. The van der Waals surface area contributed by atoms with Gasteiger partial charge in [-0.2, -0.15) is 0 Å². The maximum atomic E-state index is 12.1. The zero-order chi connectivity index (χ0) is 17.3. The van der Waals surface area contributed by atoms with Crippen molar-refractivity contribution in [3.8, 4) is 5.75 Å². The van der Waals surface area contributed by atoms with Crippen molar-refractivity contribution in [3.05, 3.63) is 24.3 Å². The Morgan fingerprint density at radius 3 is 2.22 bits per heavy atom. The summed E-state index contributed by atoms with van der Waals surface area (Å²) in [5.74, 6) is 0.449. The van der Waals surface area contributed by atoms with Gasteiger partial charge in [-0.25, -0.2) is 0 Å². The van der Waals surface area contributed by atoms with E-state index in [1.807, 2.05) is 13.8 Å². The van der Waals surface area contributed by atoms with Gasteiger partial charge < -0.3 is 14.5 Å². The van der Waals surface area contributed by atoms with Gasteiger partial charge in [-0.05, 0) is 37.2 Å². The molecule has 1 aromatic rings. The number of likely N-dealkylation sites (tertiary alicyclic amines) is 1. The summed E-state index contributed by atoms with van der Waals surface area (Å²) in [7, 11) is 2.14. The Balaban J connectivity index is 0.000000924. The highest BCUT2D eigenvalue weighted by molar-refractivity contribution is 5.51. The molecule has 2 heterocycles. The molecule has 0 bridgehead atoms. The van der Waals surface area contributed by atoms with Crippen molar-refractivity contribution in [2.45, 2.75) is 27.1 Å². The lowest BCUT2D eigenvalue weighted by Gasteiger charge is -2.25. The highest BCUT2D eigenvalue weighted by Gasteiger charge is 2.48. The highest BCUT2D eigenvalue weighted by atomic mass is 19.4. The van der Waals surface area contributed by atoms with Crippen LogP contribution in [-0.2, 0) is 0 Å². The van der Waals surface area contributed by atoms with Crippen LogP contribution in [0.15, 0.2) is 24.3 Å². The number of halogens is 3. The topological polar surface area (TPSA) is 15.7 Å². The van der Waals surface area contributed by atoms with E-state index >= 15 is 0 Å². The Labute approximate surface area is 136 Å². The number of hydrogen-bond donors (Lipinski definition) is 0. The fraction of sp³-hybridized carbons (Fsp3) is 0.647. The zero-order valence-electron chi connectivity index (χ0n) is 14.2. The van der Waals surface area contributed by atoms with Crippen LogP contribution in [0.4, 0.5) is 18.9 Å². The average molecular weight is 330 g/mol. The van der Waals surface area contributed by atoms with Gasteiger partial charge in [0.2, 0.25) is 0 Å². The molecule has 130 valence electrons. The molecule has 0 radical (unpaired) electrons. The van der Waals surface area contributed by atoms with E-state index in [0.29, 0.717) is 5.92 Å². The predicted octanol–water partition coefficient (Wildman–Crippen LogP) is 4.00. The summed E-state index contributed by atoms with van der Waals surface area (Å²) in [5.41, 5.74) is 1.23. The Hall–Kier alpha value is -1.43. The lowest BCUT2D eigenvalue weighted by Crippen LogP contribution is -2.30. The molecule has 1 aromatic carbocycles. The summed E-state index contributed by atoms with van der Waals surface area (Å²) in [4.78, 5) is 4.61. The molecule has 0 aliphatic carbocycles. The first-order valence-corrected chi connectivity index (χ1v) is 8.04. The van der Waals surface area contributed by atoms with E-state index in [-0.39, 0.29) is 11.2 Å². The molecule has 2 atom stereocenters. The molecule has 2 unspecified atom stereocenters. The first kappa shape index (κ1) is 17.9. The van der Waals surface area contributed by atoms with Crippen molar-refractivity contribution in [2.24, 2.45) is 11.3 Å². The van der Waals surface area contributed by atoms with Gasteiger partial charge in [-0.1, -0.05) is 20.8 Å². The van der Waals surface area contributed by atoms with Crippen LogP contribution in [0.2, 0.25) is 0 Å². The molecular formula is C17H25F3N2O. The lowest BCUT2D eigenvalue weighted by atomic mass is 9.83. The first-order chi connectivity index (χ1) is 10.8. The maximum absolute atomic E-state index is 12.1. The molecular weight excluding hydrogens is 305 g/mol. The van der Waals surface area contributed by atoms with Gasteiger partial charge >= 0.3 is 6.36 Å². The van der Waals surface area contributed by atoms with Crippen LogP contribution in [0.3, 0.4) is 0 Å². The number of rotatable bonds is 2. The first-order valence-electron chi connectivity index (χ1n) is 8.04. The quantitative estimate of drug-likeness (QED) is 0.815. The number of ether oxygens (including phenoxy) is 1. The lowest BCUT2D eigenvalue weighted by molar-refractivity contribution is -0.274. The van der Waals surface area contributed by atoms with E-state index < -0.39 is 6.36 Å². The van der Waals surface area contributed by atoms with Crippen LogP contribution in [-0.4, -0.2) is 44.5 Å². The molecule has 6 heteroatoms. The monoisotopic (exact) mass is 330 g/mol. The number of anilines is 1. The van der Waals surface area contributed by atoms with Crippen LogP contribution >= 0.6 is 0 Å². The van der Waals surface area contributed by atoms with Crippen molar-refractivity contribution in [1.29, 1.82) is 0 Å². The van der Waals surface area contributed by atoms with Gasteiger partial charge in [-0.3, -0.25) is 0 Å². The number of hydrogen-bond acceptors (Lipinski definition) is 3. The fourth-order valence-electron chi connectivity index (χ4n) is 3.69. The summed E-state index contributed by atoms with van der Waals surface area (Å²) >= 11 is 0. The zero-order valence-corrected chi connectivity index (χ0v) is 14.2. The standard InChI is InChI=1S/C15H19F3N2O.C2H6/c1-14-9-19(2)7-11(14)8-20(10-14)12-3-5-13(6-4-12)21-15(16,17)18;1-2/h3-6,11H,7-10H2,1-2H3;1-2H3. The number of alkyl halides is 3. The van der Waals surface area contributed by atoms with Crippen molar-refractivity contribution < 1.29 is 17.9 Å². The Morgan fingerprint density at radius 1 is 1.09 bits per heavy atom. The molecule has 2 saturated heterocycles. The van der Waals surface area contributed by atoms with Gasteiger partial charge in [0.1, 0.15) is 5.75 Å². The Bertz CT molecular complexity index is 518. The summed E-state index contributed by atoms with van der Waals surface area (Å²) < 4.78 is 40.3. The van der Waals surface area contributed by atoms with E-state index in [0.717, 1.165) is 31.9 Å².